The van der Waals surface area contributed by atoms with Crippen LogP contribution in [0.3, 0.4) is 0 Å². The number of fused-ring (bicyclic) bond motifs is 1. The molecule has 0 radical (unpaired) electrons. The molecule has 1 amide bonds. The van der Waals surface area contributed by atoms with Crippen molar-refractivity contribution in [2.45, 2.75) is 31.5 Å². The van der Waals surface area contributed by atoms with Gasteiger partial charge in [-0.2, -0.15) is 13.2 Å². The van der Waals surface area contributed by atoms with Crippen LogP contribution in [0.5, 0.6) is 5.75 Å². The van der Waals surface area contributed by atoms with Crippen LogP contribution in [0.25, 0.3) is 0 Å². The van der Waals surface area contributed by atoms with Gasteiger partial charge in [-0.3, -0.25) is 14.5 Å². The van der Waals surface area contributed by atoms with E-state index in [9.17, 15) is 22.8 Å². The Labute approximate surface area is 213 Å². The molecule has 0 saturated heterocycles. The number of esters is 1. The Kier molecular flexibility index (Phi) is 7.16. The van der Waals surface area contributed by atoms with Crippen molar-refractivity contribution in [2.24, 2.45) is 0 Å². The fourth-order valence-corrected chi connectivity index (χ4v) is 4.74. The maximum absolute atomic E-state index is 14.3. The average Bonchev–Trinajstić information content (AvgIpc) is 2.97. The van der Waals surface area contributed by atoms with Crippen LogP contribution in [0.2, 0.25) is 0 Å². The lowest BCUT2D eigenvalue weighted by Crippen LogP contribution is -2.41. The van der Waals surface area contributed by atoms with E-state index in [0.29, 0.717) is 22.7 Å². The van der Waals surface area contributed by atoms with Crippen molar-refractivity contribution < 1.29 is 32.2 Å². The fourth-order valence-electron chi connectivity index (χ4n) is 4.74. The number of rotatable bonds is 5. The SMILES string of the molecule is COc1ccc(C2Cc3c(cccc3C(F)(F)F)N(c3ccccc3N(C)C)C(=O)C2OC(C)=O)cc1. The summed E-state index contributed by atoms with van der Waals surface area (Å²) >= 11 is 0. The molecule has 194 valence electrons. The Hall–Kier alpha value is -4.01. The zero-order valence-electron chi connectivity index (χ0n) is 20.9. The number of halogens is 3. The topological polar surface area (TPSA) is 59.1 Å². The van der Waals surface area contributed by atoms with Crippen LogP contribution < -0.4 is 14.5 Å². The highest BCUT2D eigenvalue weighted by Crippen LogP contribution is 2.46. The first-order chi connectivity index (χ1) is 17.5. The number of ether oxygens (including phenoxy) is 2. The van der Waals surface area contributed by atoms with Crippen molar-refractivity contribution in [2.75, 3.05) is 31.0 Å². The first-order valence-corrected chi connectivity index (χ1v) is 11.6. The van der Waals surface area contributed by atoms with Gasteiger partial charge in [-0.05, 0) is 53.9 Å². The smallest absolute Gasteiger partial charge is 0.416 e. The molecule has 6 nitrogen and oxygen atoms in total. The molecule has 1 aliphatic rings. The number of alkyl halides is 3. The second kappa shape index (κ2) is 10.2. The van der Waals surface area contributed by atoms with Crippen LogP contribution in [-0.2, 0) is 26.9 Å². The predicted octanol–water partition coefficient (Wildman–Crippen LogP) is 5.72. The van der Waals surface area contributed by atoms with Gasteiger partial charge in [0.1, 0.15) is 5.75 Å². The quantitative estimate of drug-likeness (QED) is 0.410. The van der Waals surface area contributed by atoms with Gasteiger partial charge in [0, 0.05) is 26.9 Å². The van der Waals surface area contributed by atoms with Gasteiger partial charge in [0.2, 0.25) is 0 Å². The zero-order chi connectivity index (χ0) is 26.9. The third-order valence-corrected chi connectivity index (χ3v) is 6.39. The first kappa shape index (κ1) is 26.1. The number of methoxy groups -OCH3 is 1. The first-order valence-electron chi connectivity index (χ1n) is 11.6. The lowest BCUT2D eigenvalue weighted by atomic mass is 9.86. The average molecular weight is 513 g/mol. The number of nitrogens with zero attached hydrogens (tertiary/aromatic N) is 2. The third kappa shape index (κ3) is 5.12. The summed E-state index contributed by atoms with van der Waals surface area (Å²) in [5, 5.41) is 0. The number of carbonyl (C=O) groups excluding carboxylic acids is 2. The van der Waals surface area contributed by atoms with E-state index in [1.54, 1.807) is 67.5 Å². The number of benzene rings is 3. The zero-order valence-corrected chi connectivity index (χ0v) is 20.9. The normalized spacial score (nSPS) is 17.6. The molecule has 2 atom stereocenters. The minimum absolute atomic E-state index is 0.0487. The van der Waals surface area contributed by atoms with Crippen molar-refractivity contribution in [1.82, 2.24) is 0 Å². The summed E-state index contributed by atoms with van der Waals surface area (Å²) < 4.78 is 53.6. The number of hydrogen-bond donors (Lipinski definition) is 0. The molecule has 0 spiro atoms. The van der Waals surface area contributed by atoms with E-state index >= 15 is 0 Å². The van der Waals surface area contributed by atoms with E-state index in [-0.39, 0.29) is 17.7 Å². The monoisotopic (exact) mass is 512 g/mol. The van der Waals surface area contributed by atoms with E-state index in [2.05, 4.69) is 0 Å². The molecule has 4 rings (SSSR count). The molecule has 3 aromatic carbocycles. The molecule has 37 heavy (non-hydrogen) atoms. The Morgan fingerprint density at radius 3 is 2.22 bits per heavy atom. The third-order valence-electron chi connectivity index (χ3n) is 6.39. The Morgan fingerprint density at radius 2 is 1.62 bits per heavy atom. The molecule has 1 heterocycles. The fraction of sp³-hybridized carbons (Fsp3) is 0.286. The summed E-state index contributed by atoms with van der Waals surface area (Å²) in [5.41, 5.74) is 0.752. The standard InChI is InChI=1S/C28H27F3N2O4/c1-17(34)37-26-20(18-12-14-19(36-4)15-13-18)16-21-22(28(29,30)31)8-7-11-23(21)33(27(26)35)25-10-6-5-9-24(25)32(2)3/h5-15,20,26H,16H2,1-4H3. The van der Waals surface area contributed by atoms with Gasteiger partial charge in [0.15, 0.2) is 6.10 Å². The lowest BCUT2D eigenvalue weighted by molar-refractivity contribution is -0.154. The molecule has 9 heteroatoms. The van der Waals surface area contributed by atoms with E-state index in [0.717, 1.165) is 6.07 Å². The van der Waals surface area contributed by atoms with Gasteiger partial charge >= 0.3 is 12.1 Å². The predicted molar refractivity (Wildman–Crippen MR) is 134 cm³/mol. The number of amides is 1. The van der Waals surface area contributed by atoms with E-state index in [4.69, 9.17) is 9.47 Å². The van der Waals surface area contributed by atoms with Crippen molar-refractivity contribution in [3.8, 4) is 5.75 Å². The molecule has 0 fully saturated rings. The minimum atomic E-state index is -4.66. The largest absolute Gasteiger partial charge is 0.497 e. The van der Waals surface area contributed by atoms with Gasteiger partial charge in [0.05, 0.1) is 29.7 Å². The summed E-state index contributed by atoms with van der Waals surface area (Å²) in [6.45, 7) is 1.18. The minimum Gasteiger partial charge on any atom is -0.497 e. The van der Waals surface area contributed by atoms with E-state index in [1.807, 2.05) is 0 Å². The van der Waals surface area contributed by atoms with Gasteiger partial charge < -0.3 is 14.4 Å². The molecule has 2 unspecified atom stereocenters. The van der Waals surface area contributed by atoms with Gasteiger partial charge in [-0.1, -0.05) is 30.3 Å². The van der Waals surface area contributed by atoms with Crippen molar-refractivity contribution in [1.29, 1.82) is 0 Å². The van der Waals surface area contributed by atoms with Gasteiger partial charge in [0.25, 0.3) is 5.91 Å². The molecular formula is C28H27F3N2O4. The van der Waals surface area contributed by atoms with Crippen molar-refractivity contribution >= 4 is 28.9 Å². The van der Waals surface area contributed by atoms with Crippen LogP contribution in [0.15, 0.2) is 66.7 Å². The van der Waals surface area contributed by atoms with Crippen LogP contribution in [0.4, 0.5) is 30.2 Å². The number of para-hydroxylation sites is 2. The molecule has 0 bridgehead atoms. The Morgan fingerprint density at radius 1 is 0.973 bits per heavy atom. The van der Waals surface area contributed by atoms with Crippen LogP contribution in [0, 0.1) is 0 Å². The highest BCUT2D eigenvalue weighted by molar-refractivity contribution is 6.08. The summed E-state index contributed by atoms with van der Waals surface area (Å²) in [6, 6.07) is 17.4. The van der Waals surface area contributed by atoms with Crippen LogP contribution >= 0.6 is 0 Å². The van der Waals surface area contributed by atoms with E-state index in [1.165, 1.54) is 31.1 Å². The van der Waals surface area contributed by atoms with Crippen molar-refractivity contribution in [3.05, 3.63) is 83.4 Å². The second-order valence-corrected chi connectivity index (χ2v) is 8.97. The number of hydrogen-bond acceptors (Lipinski definition) is 5. The van der Waals surface area contributed by atoms with Gasteiger partial charge in [-0.15, -0.1) is 0 Å². The number of anilines is 3. The maximum atomic E-state index is 14.3. The molecule has 1 aliphatic heterocycles. The van der Waals surface area contributed by atoms with Crippen LogP contribution in [0.1, 0.15) is 29.5 Å². The maximum Gasteiger partial charge on any atom is 0.416 e. The summed E-state index contributed by atoms with van der Waals surface area (Å²) in [6.07, 6.45) is -6.20. The van der Waals surface area contributed by atoms with Crippen molar-refractivity contribution in [3.63, 3.8) is 0 Å². The lowest BCUT2D eigenvalue weighted by Gasteiger charge is -2.31. The molecule has 0 saturated carbocycles. The Balaban J connectivity index is 2.02. The number of carbonyl (C=O) groups is 2. The highest BCUT2D eigenvalue weighted by Gasteiger charge is 2.45. The van der Waals surface area contributed by atoms with Gasteiger partial charge in [-0.25, -0.2) is 0 Å². The molecule has 0 aliphatic carbocycles. The van der Waals surface area contributed by atoms with E-state index < -0.39 is 35.6 Å². The molecular weight excluding hydrogens is 485 g/mol. The molecule has 0 N–H and O–H groups in total. The summed E-state index contributed by atoms with van der Waals surface area (Å²) in [5.74, 6) is -1.67. The summed E-state index contributed by atoms with van der Waals surface area (Å²) in [4.78, 5) is 29.4. The molecule has 3 aromatic rings. The Bertz CT molecular complexity index is 1310. The highest BCUT2D eigenvalue weighted by atomic mass is 19.4. The molecule has 0 aromatic heterocycles. The van der Waals surface area contributed by atoms with Crippen LogP contribution in [-0.4, -0.2) is 39.2 Å². The second-order valence-electron chi connectivity index (χ2n) is 8.97. The summed E-state index contributed by atoms with van der Waals surface area (Å²) in [7, 11) is 5.05.